The average Bonchev–Trinajstić information content (AvgIpc) is 2.86. The Balaban J connectivity index is 1.98. The molecule has 0 spiro atoms. The van der Waals surface area contributed by atoms with Crippen LogP contribution in [0, 0.1) is 6.92 Å². The number of rotatable bonds is 8. The molecule has 0 aliphatic rings. The van der Waals surface area contributed by atoms with Gasteiger partial charge < -0.3 is 9.67 Å². The number of aromatic nitrogens is 3. The second kappa shape index (κ2) is 7.90. The number of hydrogen-bond donors (Lipinski definition) is 1. The molecule has 0 fully saturated rings. The number of nitrogens with zero attached hydrogens (tertiary/aromatic N) is 4. The standard InChI is InChI=1S/C16H24N4O/c1-3-20-14(2)17-18-16(20)13-19(11-12-21)10-9-15-7-5-4-6-8-15/h4-8,21H,3,9-13H2,1-2H3. The predicted octanol–water partition coefficient (Wildman–Crippen LogP) is 1.64. The van der Waals surface area contributed by atoms with Gasteiger partial charge in [0.25, 0.3) is 0 Å². The maximum Gasteiger partial charge on any atom is 0.147 e. The molecule has 0 amide bonds. The van der Waals surface area contributed by atoms with Crippen molar-refractivity contribution in [3.63, 3.8) is 0 Å². The summed E-state index contributed by atoms with van der Waals surface area (Å²) in [5.74, 6) is 1.91. The molecule has 1 aromatic heterocycles. The summed E-state index contributed by atoms with van der Waals surface area (Å²) in [6, 6.07) is 10.4. The van der Waals surface area contributed by atoms with Crippen molar-refractivity contribution in [1.29, 1.82) is 0 Å². The summed E-state index contributed by atoms with van der Waals surface area (Å²) in [7, 11) is 0. The first kappa shape index (κ1) is 15.7. The van der Waals surface area contributed by atoms with Crippen molar-refractivity contribution in [3.05, 3.63) is 47.5 Å². The van der Waals surface area contributed by atoms with E-state index in [1.54, 1.807) is 0 Å². The molecule has 2 rings (SSSR count). The van der Waals surface area contributed by atoms with Gasteiger partial charge in [-0.15, -0.1) is 10.2 Å². The minimum atomic E-state index is 0.161. The first-order valence-electron chi connectivity index (χ1n) is 7.50. The fraction of sp³-hybridized carbons (Fsp3) is 0.500. The molecule has 0 saturated carbocycles. The van der Waals surface area contributed by atoms with E-state index in [1.165, 1.54) is 5.56 Å². The summed E-state index contributed by atoms with van der Waals surface area (Å²) in [6.07, 6.45) is 0.972. The summed E-state index contributed by atoms with van der Waals surface area (Å²) in [5, 5.41) is 17.7. The molecule has 5 nitrogen and oxygen atoms in total. The van der Waals surface area contributed by atoms with E-state index < -0.39 is 0 Å². The van der Waals surface area contributed by atoms with Crippen molar-refractivity contribution in [1.82, 2.24) is 19.7 Å². The van der Waals surface area contributed by atoms with Crippen molar-refractivity contribution < 1.29 is 5.11 Å². The Morgan fingerprint density at radius 2 is 1.90 bits per heavy atom. The number of aliphatic hydroxyl groups is 1. The van der Waals surface area contributed by atoms with Crippen LogP contribution < -0.4 is 0 Å². The lowest BCUT2D eigenvalue weighted by Crippen LogP contribution is -2.30. The van der Waals surface area contributed by atoms with Crippen LogP contribution in [0.3, 0.4) is 0 Å². The van der Waals surface area contributed by atoms with Gasteiger partial charge in [-0.25, -0.2) is 0 Å². The van der Waals surface area contributed by atoms with Crippen molar-refractivity contribution in [3.8, 4) is 0 Å². The smallest absolute Gasteiger partial charge is 0.147 e. The third-order valence-electron chi connectivity index (χ3n) is 3.67. The van der Waals surface area contributed by atoms with E-state index in [2.05, 4.69) is 50.9 Å². The zero-order chi connectivity index (χ0) is 15.1. The highest BCUT2D eigenvalue weighted by atomic mass is 16.3. The molecule has 0 atom stereocenters. The summed E-state index contributed by atoms with van der Waals surface area (Å²) in [6.45, 7) is 7.39. The molecule has 0 bridgehead atoms. The summed E-state index contributed by atoms with van der Waals surface area (Å²) in [5.41, 5.74) is 1.31. The Labute approximate surface area is 126 Å². The summed E-state index contributed by atoms with van der Waals surface area (Å²) in [4.78, 5) is 2.22. The molecular weight excluding hydrogens is 264 g/mol. The average molecular weight is 288 g/mol. The van der Waals surface area contributed by atoms with Crippen LogP contribution in [0.1, 0.15) is 24.1 Å². The van der Waals surface area contributed by atoms with Gasteiger partial charge in [0.1, 0.15) is 11.6 Å². The monoisotopic (exact) mass is 288 g/mol. The number of benzene rings is 1. The van der Waals surface area contributed by atoms with Crippen LogP contribution in [0.15, 0.2) is 30.3 Å². The highest BCUT2D eigenvalue weighted by Gasteiger charge is 2.12. The molecule has 1 aromatic carbocycles. The second-order valence-electron chi connectivity index (χ2n) is 5.14. The zero-order valence-electron chi connectivity index (χ0n) is 12.9. The lowest BCUT2D eigenvalue weighted by molar-refractivity contribution is 0.187. The quantitative estimate of drug-likeness (QED) is 0.802. The maximum absolute atomic E-state index is 9.26. The molecular formula is C16H24N4O. The molecule has 0 aliphatic heterocycles. The molecule has 0 radical (unpaired) electrons. The van der Waals surface area contributed by atoms with Crippen LogP contribution >= 0.6 is 0 Å². The first-order valence-corrected chi connectivity index (χ1v) is 7.50. The maximum atomic E-state index is 9.26. The lowest BCUT2D eigenvalue weighted by atomic mass is 10.1. The molecule has 21 heavy (non-hydrogen) atoms. The van der Waals surface area contributed by atoms with Gasteiger partial charge in [0.15, 0.2) is 0 Å². The largest absolute Gasteiger partial charge is 0.395 e. The molecule has 0 saturated heterocycles. The van der Waals surface area contributed by atoms with E-state index in [0.717, 1.165) is 37.7 Å². The van der Waals surface area contributed by atoms with Crippen molar-refractivity contribution in [2.75, 3.05) is 19.7 Å². The lowest BCUT2D eigenvalue weighted by Gasteiger charge is -2.21. The van der Waals surface area contributed by atoms with E-state index >= 15 is 0 Å². The van der Waals surface area contributed by atoms with Gasteiger partial charge in [0.05, 0.1) is 13.2 Å². The fourth-order valence-electron chi connectivity index (χ4n) is 2.50. The zero-order valence-corrected chi connectivity index (χ0v) is 12.9. The Bertz CT molecular complexity index is 538. The fourth-order valence-corrected chi connectivity index (χ4v) is 2.50. The Morgan fingerprint density at radius 3 is 2.57 bits per heavy atom. The van der Waals surface area contributed by atoms with Crippen LogP contribution in [0.4, 0.5) is 0 Å². The molecule has 0 unspecified atom stereocenters. The Kier molecular flexibility index (Phi) is 5.90. The highest BCUT2D eigenvalue weighted by molar-refractivity contribution is 5.14. The van der Waals surface area contributed by atoms with E-state index in [4.69, 9.17) is 0 Å². The van der Waals surface area contributed by atoms with Crippen LogP contribution in [0.5, 0.6) is 0 Å². The minimum absolute atomic E-state index is 0.161. The molecule has 1 heterocycles. The normalized spacial score (nSPS) is 11.2. The SMILES string of the molecule is CCn1c(C)nnc1CN(CCO)CCc1ccccc1. The highest BCUT2D eigenvalue weighted by Crippen LogP contribution is 2.07. The van der Waals surface area contributed by atoms with Gasteiger partial charge in [0, 0.05) is 19.6 Å². The van der Waals surface area contributed by atoms with E-state index in [-0.39, 0.29) is 6.61 Å². The van der Waals surface area contributed by atoms with E-state index in [1.807, 2.05) is 13.0 Å². The number of aliphatic hydroxyl groups excluding tert-OH is 1. The summed E-state index contributed by atoms with van der Waals surface area (Å²) < 4.78 is 2.12. The summed E-state index contributed by atoms with van der Waals surface area (Å²) >= 11 is 0. The van der Waals surface area contributed by atoms with Gasteiger partial charge in [-0.05, 0) is 25.8 Å². The molecule has 114 valence electrons. The Morgan fingerprint density at radius 1 is 1.14 bits per heavy atom. The van der Waals surface area contributed by atoms with Gasteiger partial charge >= 0.3 is 0 Å². The van der Waals surface area contributed by atoms with Gasteiger partial charge in [0.2, 0.25) is 0 Å². The first-order chi connectivity index (χ1) is 10.2. The van der Waals surface area contributed by atoms with Gasteiger partial charge in [-0.2, -0.15) is 0 Å². The van der Waals surface area contributed by atoms with Crippen LogP contribution in [0.25, 0.3) is 0 Å². The molecule has 5 heteroatoms. The van der Waals surface area contributed by atoms with Gasteiger partial charge in [-0.3, -0.25) is 4.90 Å². The van der Waals surface area contributed by atoms with Crippen molar-refractivity contribution in [2.24, 2.45) is 0 Å². The Hall–Kier alpha value is -1.72. The van der Waals surface area contributed by atoms with E-state index in [0.29, 0.717) is 6.54 Å². The third-order valence-corrected chi connectivity index (χ3v) is 3.67. The van der Waals surface area contributed by atoms with Crippen LogP contribution in [-0.2, 0) is 19.5 Å². The predicted molar refractivity (Wildman–Crippen MR) is 82.9 cm³/mol. The number of hydrogen-bond acceptors (Lipinski definition) is 4. The van der Waals surface area contributed by atoms with Crippen LogP contribution in [-0.4, -0.2) is 44.5 Å². The molecule has 0 aliphatic carbocycles. The van der Waals surface area contributed by atoms with E-state index in [9.17, 15) is 5.11 Å². The topological polar surface area (TPSA) is 54.2 Å². The molecule has 1 N–H and O–H groups in total. The third kappa shape index (κ3) is 4.37. The second-order valence-corrected chi connectivity index (χ2v) is 5.14. The van der Waals surface area contributed by atoms with Crippen molar-refractivity contribution in [2.45, 2.75) is 33.4 Å². The minimum Gasteiger partial charge on any atom is -0.395 e. The van der Waals surface area contributed by atoms with Crippen LogP contribution in [0.2, 0.25) is 0 Å². The van der Waals surface area contributed by atoms with Crippen molar-refractivity contribution >= 4 is 0 Å². The van der Waals surface area contributed by atoms with Gasteiger partial charge in [-0.1, -0.05) is 30.3 Å². The molecule has 2 aromatic rings. The number of aryl methyl sites for hydroxylation is 1.